The van der Waals surface area contributed by atoms with Crippen molar-refractivity contribution in [1.82, 2.24) is 9.88 Å². The summed E-state index contributed by atoms with van der Waals surface area (Å²) in [7, 11) is 4.02. The Morgan fingerprint density at radius 1 is 1.65 bits per heavy atom. The molecule has 20 heavy (non-hydrogen) atoms. The fraction of sp³-hybridized carbons (Fsp3) is 0.692. The number of esters is 1. The zero-order valence-electron chi connectivity index (χ0n) is 12.1. The summed E-state index contributed by atoms with van der Waals surface area (Å²) in [4.78, 5) is 20.2. The van der Waals surface area contributed by atoms with E-state index in [4.69, 9.17) is 4.74 Å². The SMILES string of the molecule is CCOC(=O)c1csc(N2CC(O)CC2CN(C)C)n1. The van der Waals surface area contributed by atoms with Crippen LogP contribution in [0.5, 0.6) is 0 Å². The van der Waals surface area contributed by atoms with E-state index in [1.807, 2.05) is 14.1 Å². The number of β-amino-alcohol motifs (C(OH)–C–C–N with tert-alkyl or cyclic N) is 1. The minimum Gasteiger partial charge on any atom is -0.461 e. The molecule has 1 saturated heterocycles. The van der Waals surface area contributed by atoms with Gasteiger partial charge in [-0.2, -0.15) is 0 Å². The van der Waals surface area contributed by atoms with Crippen LogP contribution in [0.4, 0.5) is 5.13 Å². The lowest BCUT2D eigenvalue weighted by Gasteiger charge is -2.26. The molecule has 2 rings (SSSR count). The van der Waals surface area contributed by atoms with Gasteiger partial charge in [-0.25, -0.2) is 9.78 Å². The van der Waals surface area contributed by atoms with Crippen LogP contribution in [-0.4, -0.2) is 66.9 Å². The molecule has 1 N–H and O–H groups in total. The maximum absolute atomic E-state index is 11.6. The first kappa shape index (κ1) is 15.2. The zero-order valence-corrected chi connectivity index (χ0v) is 12.9. The highest BCUT2D eigenvalue weighted by Gasteiger charge is 2.33. The van der Waals surface area contributed by atoms with E-state index >= 15 is 0 Å². The van der Waals surface area contributed by atoms with E-state index in [9.17, 15) is 9.90 Å². The van der Waals surface area contributed by atoms with Crippen molar-refractivity contribution >= 4 is 22.4 Å². The van der Waals surface area contributed by atoms with Gasteiger partial charge in [-0.3, -0.25) is 0 Å². The highest BCUT2D eigenvalue weighted by Crippen LogP contribution is 2.29. The van der Waals surface area contributed by atoms with Crippen LogP contribution in [0, 0.1) is 0 Å². The van der Waals surface area contributed by atoms with Gasteiger partial charge in [0.1, 0.15) is 0 Å². The van der Waals surface area contributed by atoms with Crippen LogP contribution in [0.25, 0.3) is 0 Å². The molecule has 0 aromatic carbocycles. The Balaban J connectivity index is 2.11. The first-order valence-electron chi connectivity index (χ1n) is 6.73. The number of carbonyl (C=O) groups is 1. The molecule has 0 bridgehead atoms. The van der Waals surface area contributed by atoms with Gasteiger partial charge in [0.25, 0.3) is 0 Å². The van der Waals surface area contributed by atoms with Gasteiger partial charge in [-0.15, -0.1) is 11.3 Å². The third kappa shape index (κ3) is 3.47. The lowest BCUT2D eigenvalue weighted by molar-refractivity contribution is 0.0520. The zero-order chi connectivity index (χ0) is 14.7. The summed E-state index contributed by atoms with van der Waals surface area (Å²) < 4.78 is 4.95. The Kier molecular flexibility index (Phi) is 4.95. The van der Waals surface area contributed by atoms with Crippen molar-refractivity contribution < 1.29 is 14.6 Å². The number of rotatable bonds is 5. The molecule has 1 aromatic rings. The Bertz CT molecular complexity index is 463. The smallest absolute Gasteiger partial charge is 0.357 e. The van der Waals surface area contributed by atoms with E-state index in [-0.39, 0.29) is 18.1 Å². The molecule has 2 heterocycles. The lowest BCUT2D eigenvalue weighted by Crippen LogP contribution is -2.37. The molecule has 1 fully saturated rings. The topological polar surface area (TPSA) is 65.9 Å². The summed E-state index contributed by atoms with van der Waals surface area (Å²) in [6.07, 6.45) is 0.391. The first-order chi connectivity index (χ1) is 9.51. The number of hydrogen-bond acceptors (Lipinski definition) is 7. The molecule has 112 valence electrons. The number of aliphatic hydroxyl groups excluding tert-OH is 1. The van der Waals surface area contributed by atoms with Crippen LogP contribution in [0.2, 0.25) is 0 Å². The molecule has 6 nitrogen and oxygen atoms in total. The molecule has 1 aromatic heterocycles. The van der Waals surface area contributed by atoms with E-state index in [1.165, 1.54) is 11.3 Å². The summed E-state index contributed by atoms with van der Waals surface area (Å²) in [5, 5.41) is 12.4. The minimum atomic E-state index is -0.390. The molecule has 7 heteroatoms. The molecule has 1 aliphatic heterocycles. The Morgan fingerprint density at radius 3 is 3.05 bits per heavy atom. The normalized spacial score (nSPS) is 22.6. The number of carbonyl (C=O) groups excluding carboxylic acids is 1. The maximum atomic E-state index is 11.6. The molecular formula is C13H21N3O3S. The molecule has 1 aliphatic rings. The van der Waals surface area contributed by atoms with Gasteiger partial charge in [0.2, 0.25) is 0 Å². The fourth-order valence-electron chi connectivity index (χ4n) is 2.42. The standard InChI is InChI=1S/C13H21N3O3S/c1-4-19-12(18)11-8-20-13(14-11)16-7-10(17)5-9(16)6-15(2)3/h8-10,17H,4-7H2,1-3H3. The van der Waals surface area contributed by atoms with E-state index in [0.717, 1.165) is 18.1 Å². The molecule has 0 aliphatic carbocycles. The monoisotopic (exact) mass is 299 g/mol. The summed E-state index contributed by atoms with van der Waals surface area (Å²) >= 11 is 1.42. The summed E-state index contributed by atoms with van der Waals surface area (Å²) in [5.41, 5.74) is 0.344. The van der Waals surface area contributed by atoms with Crippen LogP contribution >= 0.6 is 11.3 Å². The average molecular weight is 299 g/mol. The second-order valence-electron chi connectivity index (χ2n) is 5.19. The maximum Gasteiger partial charge on any atom is 0.357 e. The lowest BCUT2D eigenvalue weighted by atomic mass is 10.2. The van der Waals surface area contributed by atoms with Gasteiger partial charge in [0.05, 0.1) is 12.7 Å². The van der Waals surface area contributed by atoms with Crippen LogP contribution in [-0.2, 0) is 4.74 Å². The highest BCUT2D eigenvalue weighted by atomic mass is 32.1. The van der Waals surface area contributed by atoms with Gasteiger partial charge in [0.15, 0.2) is 10.8 Å². The van der Waals surface area contributed by atoms with Crippen molar-refractivity contribution in [2.45, 2.75) is 25.5 Å². The van der Waals surface area contributed by atoms with Crippen molar-refractivity contribution in [1.29, 1.82) is 0 Å². The van der Waals surface area contributed by atoms with Gasteiger partial charge < -0.3 is 19.6 Å². The molecular weight excluding hydrogens is 278 g/mol. The number of aromatic nitrogens is 1. The number of anilines is 1. The number of ether oxygens (including phenoxy) is 1. The van der Waals surface area contributed by atoms with Crippen LogP contribution in [0.1, 0.15) is 23.8 Å². The molecule has 0 spiro atoms. The van der Waals surface area contributed by atoms with Crippen molar-refractivity contribution in [2.75, 3.05) is 38.7 Å². The van der Waals surface area contributed by atoms with Gasteiger partial charge in [-0.1, -0.05) is 0 Å². The number of likely N-dealkylation sites (N-methyl/N-ethyl adjacent to an activating group) is 1. The summed E-state index contributed by atoms with van der Waals surface area (Å²) in [6.45, 7) is 3.53. The Hall–Kier alpha value is -1.18. The first-order valence-corrected chi connectivity index (χ1v) is 7.61. The summed E-state index contributed by atoms with van der Waals surface area (Å²) in [5.74, 6) is -0.390. The van der Waals surface area contributed by atoms with E-state index in [2.05, 4.69) is 14.8 Å². The van der Waals surface area contributed by atoms with Crippen molar-refractivity contribution in [2.24, 2.45) is 0 Å². The van der Waals surface area contributed by atoms with Crippen LogP contribution in [0.15, 0.2) is 5.38 Å². The number of hydrogen-bond donors (Lipinski definition) is 1. The third-order valence-electron chi connectivity index (χ3n) is 3.19. The van der Waals surface area contributed by atoms with Crippen molar-refractivity contribution in [3.63, 3.8) is 0 Å². The number of aliphatic hydroxyl groups is 1. The average Bonchev–Trinajstić information content (AvgIpc) is 2.95. The third-order valence-corrected chi connectivity index (χ3v) is 4.07. The van der Waals surface area contributed by atoms with Gasteiger partial charge >= 0.3 is 5.97 Å². The van der Waals surface area contributed by atoms with Crippen LogP contribution in [0.3, 0.4) is 0 Å². The quantitative estimate of drug-likeness (QED) is 0.812. The molecule has 2 unspecified atom stereocenters. The molecule has 0 amide bonds. The van der Waals surface area contributed by atoms with Gasteiger partial charge in [-0.05, 0) is 27.4 Å². The molecule has 2 atom stereocenters. The molecule has 0 radical (unpaired) electrons. The highest BCUT2D eigenvalue weighted by molar-refractivity contribution is 7.13. The fourth-order valence-corrected chi connectivity index (χ4v) is 3.29. The Labute approximate surface area is 123 Å². The van der Waals surface area contributed by atoms with Crippen molar-refractivity contribution in [3.8, 4) is 0 Å². The second kappa shape index (κ2) is 6.51. The van der Waals surface area contributed by atoms with E-state index in [0.29, 0.717) is 18.8 Å². The Morgan fingerprint density at radius 2 is 2.40 bits per heavy atom. The van der Waals surface area contributed by atoms with E-state index < -0.39 is 0 Å². The molecule has 0 saturated carbocycles. The van der Waals surface area contributed by atoms with E-state index in [1.54, 1.807) is 12.3 Å². The second-order valence-corrected chi connectivity index (χ2v) is 6.03. The predicted molar refractivity (Wildman–Crippen MR) is 78.4 cm³/mol. The number of nitrogens with zero attached hydrogens (tertiary/aromatic N) is 3. The van der Waals surface area contributed by atoms with Gasteiger partial charge in [0, 0.05) is 24.5 Å². The predicted octanol–water partition coefficient (Wildman–Crippen LogP) is 0.821. The largest absolute Gasteiger partial charge is 0.461 e. The summed E-state index contributed by atoms with van der Waals surface area (Å²) in [6, 6.07) is 0.223. The van der Waals surface area contributed by atoms with Crippen LogP contribution < -0.4 is 4.90 Å². The van der Waals surface area contributed by atoms with Crippen molar-refractivity contribution in [3.05, 3.63) is 11.1 Å². The number of thiazole rings is 1. The minimum absolute atomic E-state index is 0.223.